The van der Waals surface area contributed by atoms with E-state index in [0.29, 0.717) is 24.3 Å². The summed E-state index contributed by atoms with van der Waals surface area (Å²) >= 11 is 0. The number of aryl methyl sites for hydroxylation is 1. The molecule has 0 saturated carbocycles. The first-order valence-electron chi connectivity index (χ1n) is 6.25. The van der Waals surface area contributed by atoms with Crippen LogP contribution in [-0.2, 0) is 14.8 Å². The maximum absolute atomic E-state index is 12.2. The summed E-state index contributed by atoms with van der Waals surface area (Å²) in [5.41, 5.74) is 0.629. The normalized spacial score (nSPS) is 22.8. The molecule has 1 unspecified atom stereocenters. The maximum atomic E-state index is 12.2. The van der Waals surface area contributed by atoms with E-state index in [1.54, 1.807) is 6.92 Å². The van der Waals surface area contributed by atoms with Crippen molar-refractivity contribution in [2.45, 2.75) is 30.7 Å². The van der Waals surface area contributed by atoms with Crippen LogP contribution in [-0.4, -0.2) is 33.1 Å². The molecule has 0 aromatic heterocycles. The largest absolute Gasteiger partial charge is 0.379 e. The van der Waals surface area contributed by atoms with Crippen LogP contribution in [0.15, 0.2) is 23.1 Å². The van der Waals surface area contributed by atoms with Gasteiger partial charge in [-0.2, -0.15) is 0 Å². The van der Waals surface area contributed by atoms with E-state index in [4.69, 9.17) is 9.88 Å². The van der Waals surface area contributed by atoms with Crippen LogP contribution >= 0.6 is 0 Å². The second kappa shape index (κ2) is 5.16. The second-order valence-corrected chi connectivity index (χ2v) is 6.90. The summed E-state index contributed by atoms with van der Waals surface area (Å²) in [7, 11) is -3.75. The summed E-state index contributed by atoms with van der Waals surface area (Å²) in [6.07, 6.45) is 0.757. The zero-order chi connectivity index (χ0) is 15.0. The van der Waals surface area contributed by atoms with Crippen molar-refractivity contribution in [1.82, 2.24) is 5.32 Å². The lowest BCUT2D eigenvalue weighted by molar-refractivity contribution is 0.0889. The van der Waals surface area contributed by atoms with Crippen molar-refractivity contribution < 1.29 is 17.9 Å². The number of carbonyl (C=O) groups excluding carboxylic acids is 1. The fraction of sp³-hybridized carbons (Fsp3) is 0.462. The van der Waals surface area contributed by atoms with E-state index in [1.807, 2.05) is 6.92 Å². The Balaban J connectivity index is 2.23. The molecule has 1 aliphatic rings. The number of benzene rings is 1. The van der Waals surface area contributed by atoms with Gasteiger partial charge in [0.15, 0.2) is 0 Å². The molecule has 1 amide bonds. The van der Waals surface area contributed by atoms with Crippen molar-refractivity contribution in [1.29, 1.82) is 0 Å². The standard InChI is InChI=1S/C13H18N2O4S/c1-9-7-10(20(14,17)18)3-4-11(9)12(16)15-13(2)5-6-19-8-13/h3-4,7H,5-6,8H2,1-2H3,(H,15,16)(H2,14,17,18). The minimum atomic E-state index is -3.75. The number of hydrogen-bond acceptors (Lipinski definition) is 4. The Morgan fingerprint density at radius 3 is 2.65 bits per heavy atom. The van der Waals surface area contributed by atoms with Gasteiger partial charge in [0.1, 0.15) is 0 Å². The van der Waals surface area contributed by atoms with Crippen LogP contribution in [0, 0.1) is 6.92 Å². The number of amides is 1. The van der Waals surface area contributed by atoms with Crippen LogP contribution < -0.4 is 10.5 Å². The minimum absolute atomic E-state index is 0.00182. The first-order chi connectivity index (χ1) is 9.21. The van der Waals surface area contributed by atoms with Gasteiger partial charge < -0.3 is 10.1 Å². The van der Waals surface area contributed by atoms with Crippen molar-refractivity contribution >= 4 is 15.9 Å². The SMILES string of the molecule is Cc1cc(S(N)(=O)=O)ccc1C(=O)NC1(C)CCOC1. The molecule has 1 aliphatic heterocycles. The summed E-state index contributed by atoms with van der Waals surface area (Å²) in [5, 5.41) is 7.99. The molecular formula is C13H18N2O4S. The van der Waals surface area contributed by atoms with Gasteiger partial charge in [-0.3, -0.25) is 4.79 Å². The lowest BCUT2D eigenvalue weighted by atomic mass is 10.00. The van der Waals surface area contributed by atoms with Gasteiger partial charge >= 0.3 is 0 Å². The molecule has 0 aliphatic carbocycles. The van der Waals surface area contributed by atoms with E-state index in [9.17, 15) is 13.2 Å². The molecule has 20 heavy (non-hydrogen) atoms. The highest BCUT2D eigenvalue weighted by molar-refractivity contribution is 7.89. The predicted octanol–water partition coefficient (Wildman–Crippen LogP) is 0.551. The monoisotopic (exact) mass is 298 g/mol. The topological polar surface area (TPSA) is 98.5 Å². The number of carbonyl (C=O) groups is 1. The van der Waals surface area contributed by atoms with Gasteiger partial charge in [-0.15, -0.1) is 0 Å². The van der Waals surface area contributed by atoms with Crippen LogP contribution in [0.3, 0.4) is 0 Å². The highest BCUT2D eigenvalue weighted by Crippen LogP contribution is 2.20. The number of hydrogen-bond donors (Lipinski definition) is 2. The van der Waals surface area contributed by atoms with Crippen LogP contribution in [0.2, 0.25) is 0 Å². The van der Waals surface area contributed by atoms with Crippen molar-refractivity contribution in [3.8, 4) is 0 Å². The van der Waals surface area contributed by atoms with E-state index in [2.05, 4.69) is 5.32 Å². The molecule has 1 fully saturated rings. The van der Waals surface area contributed by atoms with Gasteiger partial charge in [0.05, 0.1) is 17.0 Å². The lowest BCUT2D eigenvalue weighted by Gasteiger charge is -2.24. The van der Waals surface area contributed by atoms with Gasteiger partial charge in [-0.05, 0) is 44.0 Å². The zero-order valence-corrected chi connectivity index (χ0v) is 12.3. The van der Waals surface area contributed by atoms with Crippen LogP contribution in [0.1, 0.15) is 29.3 Å². The Morgan fingerprint density at radius 2 is 2.15 bits per heavy atom. The minimum Gasteiger partial charge on any atom is -0.379 e. The molecule has 3 N–H and O–H groups in total. The van der Waals surface area contributed by atoms with Crippen LogP contribution in [0.4, 0.5) is 0 Å². The molecule has 0 radical (unpaired) electrons. The summed E-state index contributed by atoms with van der Waals surface area (Å²) in [6.45, 7) is 4.70. The zero-order valence-electron chi connectivity index (χ0n) is 11.5. The first-order valence-corrected chi connectivity index (χ1v) is 7.80. The number of sulfonamides is 1. The summed E-state index contributed by atoms with van der Waals surface area (Å²) in [6, 6.07) is 4.21. The Labute approximate surface area is 118 Å². The number of rotatable bonds is 3. The molecule has 0 spiro atoms. The van der Waals surface area contributed by atoms with E-state index in [0.717, 1.165) is 6.42 Å². The van der Waals surface area contributed by atoms with Crippen molar-refractivity contribution in [2.75, 3.05) is 13.2 Å². The molecule has 0 bridgehead atoms. The third-order valence-electron chi connectivity index (χ3n) is 3.41. The molecule has 1 heterocycles. The molecule has 110 valence electrons. The van der Waals surface area contributed by atoms with Gasteiger partial charge in [0.2, 0.25) is 10.0 Å². The predicted molar refractivity (Wildman–Crippen MR) is 73.9 cm³/mol. The van der Waals surface area contributed by atoms with Crippen LogP contribution in [0.5, 0.6) is 0 Å². The van der Waals surface area contributed by atoms with Crippen molar-refractivity contribution in [3.63, 3.8) is 0 Å². The quantitative estimate of drug-likeness (QED) is 0.851. The number of ether oxygens (including phenoxy) is 1. The highest BCUT2D eigenvalue weighted by atomic mass is 32.2. The van der Waals surface area contributed by atoms with Gasteiger partial charge in [0, 0.05) is 12.2 Å². The van der Waals surface area contributed by atoms with Gasteiger partial charge in [-0.25, -0.2) is 13.6 Å². The molecule has 6 nitrogen and oxygen atoms in total. The Morgan fingerprint density at radius 1 is 1.45 bits per heavy atom. The average molecular weight is 298 g/mol. The molecule has 1 atom stereocenters. The maximum Gasteiger partial charge on any atom is 0.252 e. The highest BCUT2D eigenvalue weighted by Gasteiger charge is 2.31. The second-order valence-electron chi connectivity index (χ2n) is 5.34. The summed E-state index contributed by atoms with van der Waals surface area (Å²) in [5.74, 6) is -0.239. The summed E-state index contributed by atoms with van der Waals surface area (Å²) in [4.78, 5) is 12.2. The molecule has 1 aromatic carbocycles. The number of nitrogens with one attached hydrogen (secondary N) is 1. The fourth-order valence-corrected chi connectivity index (χ4v) is 2.77. The third-order valence-corrected chi connectivity index (χ3v) is 4.32. The van der Waals surface area contributed by atoms with E-state index >= 15 is 0 Å². The fourth-order valence-electron chi connectivity index (χ4n) is 2.17. The number of nitrogens with two attached hydrogens (primary N) is 1. The van der Waals surface area contributed by atoms with Crippen LogP contribution in [0.25, 0.3) is 0 Å². The Hall–Kier alpha value is -1.44. The molecule has 1 saturated heterocycles. The lowest BCUT2D eigenvalue weighted by Crippen LogP contribution is -2.46. The Bertz CT molecular complexity index is 634. The average Bonchev–Trinajstić information content (AvgIpc) is 2.74. The van der Waals surface area contributed by atoms with Gasteiger partial charge in [-0.1, -0.05) is 0 Å². The third kappa shape index (κ3) is 3.17. The van der Waals surface area contributed by atoms with E-state index < -0.39 is 10.0 Å². The van der Waals surface area contributed by atoms with Crippen molar-refractivity contribution in [3.05, 3.63) is 29.3 Å². The van der Waals surface area contributed by atoms with Gasteiger partial charge in [0.25, 0.3) is 5.91 Å². The molecule has 7 heteroatoms. The smallest absolute Gasteiger partial charge is 0.252 e. The molecule has 2 rings (SSSR count). The molecular weight excluding hydrogens is 280 g/mol. The number of primary sulfonamides is 1. The first kappa shape index (κ1) is 15.0. The van der Waals surface area contributed by atoms with Crippen molar-refractivity contribution in [2.24, 2.45) is 5.14 Å². The Kier molecular flexibility index (Phi) is 3.86. The van der Waals surface area contributed by atoms with E-state index in [1.165, 1.54) is 18.2 Å². The summed E-state index contributed by atoms with van der Waals surface area (Å²) < 4.78 is 27.8. The molecule has 1 aromatic rings. The van der Waals surface area contributed by atoms with E-state index in [-0.39, 0.29) is 16.3 Å².